The molecule has 1 aromatic heterocycles. The van der Waals surface area contributed by atoms with Gasteiger partial charge in [-0.2, -0.15) is 5.10 Å². The molecular formula is C15H16N4O2. The van der Waals surface area contributed by atoms with Gasteiger partial charge >= 0.3 is 0 Å². The summed E-state index contributed by atoms with van der Waals surface area (Å²) in [5.74, 6) is 0.365. The Labute approximate surface area is 122 Å². The highest BCUT2D eigenvalue weighted by Crippen LogP contribution is 2.10. The van der Waals surface area contributed by atoms with Crippen LogP contribution in [0, 0.1) is 0 Å². The summed E-state index contributed by atoms with van der Waals surface area (Å²) in [6.45, 7) is 3.37. The zero-order valence-electron chi connectivity index (χ0n) is 11.9. The predicted molar refractivity (Wildman–Crippen MR) is 81.1 cm³/mol. The molecule has 0 radical (unpaired) electrons. The number of nitrogens with zero attached hydrogens (tertiary/aromatic N) is 4. The summed E-state index contributed by atoms with van der Waals surface area (Å²) in [6.07, 6.45) is 8.27. The standard InChI is InChI=1S/C15H16N4O2/c1-11(20)14(12(2)21)10-18-19-9-3-6-17-15(19)13-4-7-16-8-5-13/h3-8,10,20H,9H2,1-2H3. The van der Waals surface area contributed by atoms with Crippen molar-refractivity contribution in [3.8, 4) is 0 Å². The lowest BCUT2D eigenvalue weighted by Gasteiger charge is -2.21. The van der Waals surface area contributed by atoms with Gasteiger partial charge in [-0.15, -0.1) is 0 Å². The molecule has 2 rings (SSSR count). The van der Waals surface area contributed by atoms with Crippen molar-refractivity contribution >= 4 is 17.8 Å². The van der Waals surface area contributed by atoms with E-state index in [0.717, 1.165) is 5.56 Å². The molecule has 1 aromatic rings. The average molecular weight is 284 g/mol. The number of hydrogen-bond donors (Lipinski definition) is 1. The van der Waals surface area contributed by atoms with Crippen molar-refractivity contribution in [2.24, 2.45) is 10.1 Å². The quantitative estimate of drug-likeness (QED) is 0.521. The monoisotopic (exact) mass is 284 g/mol. The van der Waals surface area contributed by atoms with Gasteiger partial charge in [0, 0.05) is 24.2 Å². The van der Waals surface area contributed by atoms with E-state index in [4.69, 9.17) is 0 Å². The van der Waals surface area contributed by atoms with Gasteiger partial charge in [-0.1, -0.05) is 0 Å². The maximum atomic E-state index is 11.4. The second kappa shape index (κ2) is 6.60. The van der Waals surface area contributed by atoms with Crippen LogP contribution in [-0.4, -0.2) is 39.5 Å². The maximum absolute atomic E-state index is 11.4. The minimum atomic E-state index is -0.242. The molecule has 0 fully saturated rings. The average Bonchev–Trinajstić information content (AvgIpc) is 2.48. The molecule has 6 heteroatoms. The number of rotatable bonds is 4. The molecule has 0 amide bonds. The van der Waals surface area contributed by atoms with Crippen molar-refractivity contribution in [2.75, 3.05) is 6.54 Å². The summed E-state index contributed by atoms with van der Waals surface area (Å²) in [4.78, 5) is 19.7. The Hall–Kier alpha value is -2.76. The van der Waals surface area contributed by atoms with Crippen molar-refractivity contribution < 1.29 is 9.90 Å². The van der Waals surface area contributed by atoms with E-state index in [-0.39, 0.29) is 17.1 Å². The lowest BCUT2D eigenvalue weighted by Crippen LogP contribution is -2.29. The zero-order chi connectivity index (χ0) is 15.2. The lowest BCUT2D eigenvalue weighted by atomic mass is 10.2. The van der Waals surface area contributed by atoms with E-state index in [0.29, 0.717) is 12.4 Å². The number of ketones is 1. The Kier molecular flexibility index (Phi) is 4.61. The van der Waals surface area contributed by atoms with E-state index in [2.05, 4.69) is 15.1 Å². The Morgan fingerprint density at radius 2 is 2.10 bits per heavy atom. The van der Waals surface area contributed by atoms with Crippen LogP contribution in [0.1, 0.15) is 19.4 Å². The first kappa shape index (κ1) is 14.6. The minimum absolute atomic E-state index is 0.0544. The van der Waals surface area contributed by atoms with Crippen LogP contribution in [0.25, 0.3) is 0 Å². The number of Topliss-reactive ketones (excluding diaryl/α,β-unsaturated/α-hetero) is 1. The Balaban J connectivity index is 2.28. The number of hydrogen-bond acceptors (Lipinski definition) is 6. The molecule has 1 aliphatic rings. The first-order chi connectivity index (χ1) is 10.1. The number of aliphatic imine (C=N–C) groups is 1. The predicted octanol–water partition coefficient (Wildman–Crippen LogP) is 2.06. The van der Waals surface area contributed by atoms with Crippen molar-refractivity contribution in [2.45, 2.75) is 13.8 Å². The number of carbonyl (C=O) groups is 1. The molecule has 0 atom stereocenters. The van der Waals surface area contributed by atoms with Crippen molar-refractivity contribution in [3.05, 3.63) is 53.7 Å². The number of aliphatic hydroxyl groups excluding tert-OH is 1. The van der Waals surface area contributed by atoms with E-state index in [1.807, 2.05) is 18.2 Å². The fraction of sp³-hybridized carbons (Fsp3) is 0.200. The molecule has 21 heavy (non-hydrogen) atoms. The summed E-state index contributed by atoms with van der Waals surface area (Å²) in [5.41, 5.74) is 1.05. The van der Waals surface area contributed by atoms with E-state index >= 15 is 0 Å². The van der Waals surface area contributed by atoms with Crippen LogP contribution >= 0.6 is 0 Å². The van der Waals surface area contributed by atoms with E-state index < -0.39 is 0 Å². The van der Waals surface area contributed by atoms with Crippen LogP contribution in [0.5, 0.6) is 0 Å². The van der Waals surface area contributed by atoms with Gasteiger partial charge in [0.1, 0.15) is 5.76 Å². The van der Waals surface area contributed by atoms with Gasteiger partial charge in [0.05, 0.1) is 18.3 Å². The third-order valence-corrected chi connectivity index (χ3v) is 2.86. The molecule has 0 unspecified atom stereocenters. The molecule has 108 valence electrons. The summed E-state index contributed by atoms with van der Waals surface area (Å²) in [5, 5.41) is 15.4. The second-order valence-corrected chi connectivity index (χ2v) is 4.46. The molecular weight excluding hydrogens is 268 g/mol. The van der Waals surface area contributed by atoms with E-state index in [9.17, 15) is 9.90 Å². The van der Waals surface area contributed by atoms with Crippen molar-refractivity contribution in [1.82, 2.24) is 9.99 Å². The molecule has 0 saturated carbocycles. The molecule has 0 bridgehead atoms. The van der Waals surface area contributed by atoms with Gasteiger partial charge < -0.3 is 5.11 Å². The lowest BCUT2D eigenvalue weighted by molar-refractivity contribution is -0.113. The fourth-order valence-corrected chi connectivity index (χ4v) is 1.82. The van der Waals surface area contributed by atoms with Crippen LogP contribution in [-0.2, 0) is 4.79 Å². The number of amidine groups is 1. The number of aliphatic hydroxyl groups is 1. The number of aromatic nitrogens is 1. The molecule has 1 aliphatic heterocycles. The van der Waals surface area contributed by atoms with Gasteiger partial charge in [0.15, 0.2) is 11.6 Å². The largest absolute Gasteiger partial charge is 0.512 e. The third kappa shape index (κ3) is 3.62. The summed E-state index contributed by atoms with van der Waals surface area (Å²) < 4.78 is 0. The molecule has 0 aliphatic carbocycles. The first-order valence-electron chi connectivity index (χ1n) is 6.45. The zero-order valence-corrected chi connectivity index (χ0v) is 11.9. The molecule has 0 saturated heterocycles. The van der Waals surface area contributed by atoms with Crippen LogP contribution < -0.4 is 0 Å². The van der Waals surface area contributed by atoms with Crippen LogP contribution in [0.4, 0.5) is 0 Å². The Morgan fingerprint density at radius 1 is 1.38 bits per heavy atom. The summed E-state index contributed by atoms with van der Waals surface area (Å²) >= 11 is 0. The number of allylic oxidation sites excluding steroid dienone is 2. The van der Waals surface area contributed by atoms with Crippen LogP contribution in [0.15, 0.2) is 58.2 Å². The fourth-order valence-electron chi connectivity index (χ4n) is 1.82. The van der Waals surface area contributed by atoms with Gasteiger partial charge in [-0.05, 0) is 32.1 Å². The van der Waals surface area contributed by atoms with Crippen molar-refractivity contribution in [3.63, 3.8) is 0 Å². The van der Waals surface area contributed by atoms with Gasteiger partial charge in [0.25, 0.3) is 0 Å². The number of carbonyl (C=O) groups excluding carboxylic acids is 1. The number of pyridine rings is 1. The number of hydrazone groups is 1. The Morgan fingerprint density at radius 3 is 2.71 bits per heavy atom. The molecule has 6 nitrogen and oxygen atoms in total. The maximum Gasteiger partial charge on any atom is 0.164 e. The second-order valence-electron chi connectivity index (χ2n) is 4.46. The molecule has 0 spiro atoms. The van der Waals surface area contributed by atoms with Crippen LogP contribution in [0.3, 0.4) is 0 Å². The highest BCUT2D eigenvalue weighted by atomic mass is 16.3. The third-order valence-electron chi connectivity index (χ3n) is 2.86. The molecule has 1 N–H and O–H groups in total. The smallest absolute Gasteiger partial charge is 0.164 e. The normalized spacial score (nSPS) is 15.9. The molecule has 0 aromatic carbocycles. The Bertz CT molecular complexity index is 641. The summed E-state index contributed by atoms with van der Waals surface area (Å²) in [6, 6.07) is 3.67. The molecule has 2 heterocycles. The highest BCUT2D eigenvalue weighted by molar-refractivity contribution is 6.12. The van der Waals surface area contributed by atoms with Crippen LogP contribution in [0.2, 0.25) is 0 Å². The van der Waals surface area contributed by atoms with E-state index in [1.54, 1.807) is 23.6 Å². The SMILES string of the molecule is CC(=O)C(C=NN1CC=CN=C1c1ccncc1)=C(C)O. The minimum Gasteiger partial charge on any atom is -0.512 e. The van der Waals surface area contributed by atoms with Gasteiger partial charge in [-0.3, -0.25) is 9.78 Å². The topological polar surface area (TPSA) is 78.2 Å². The van der Waals surface area contributed by atoms with Crippen molar-refractivity contribution in [1.29, 1.82) is 0 Å². The van der Waals surface area contributed by atoms with Gasteiger partial charge in [-0.25, -0.2) is 10.0 Å². The van der Waals surface area contributed by atoms with Gasteiger partial charge in [0.2, 0.25) is 0 Å². The highest BCUT2D eigenvalue weighted by Gasteiger charge is 2.14. The summed E-state index contributed by atoms with van der Waals surface area (Å²) in [7, 11) is 0. The first-order valence-corrected chi connectivity index (χ1v) is 6.45. The van der Waals surface area contributed by atoms with E-state index in [1.165, 1.54) is 20.1 Å².